The van der Waals surface area contributed by atoms with Gasteiger partial charge in [-0.25, -0.2) is 4.79 Å². The number of nitrogens with one attached hydrogen (secondary N) is 2. The maximum Gasteiger partial charge on any atom is 0.319 e. The third-order valence-electron chi connectivity index (χ3n) is 4.14. The molecule has 23 heavy (non-hydrogen) atoms. The molecule has 1 fully saturated rings. The van der Waals surface area contributed by atoms with Gasteiger partial charge < -0.3 is 10.6 Å². The third kappa shape index (κ3) is 4.29. The van der Waals surface area contributed by atoms with Gasteiger partial charge in [0.1, 0.15) is 0 Å². The molecule has 1 aromatic heterocycles. The molecule has 2 N–H and O–H groups in total. The molecule has 0 bridgehead atoms. The third-order valence-corrected chi connectivity index (χ3v) is 4.14. The van der Waals surface area contributed by atoms with Crippen molar-refractivity contribution < 1.29 is 4.79 Å². The van der Waals surface area contributed by atoms with Gasteiger partial charge in [-0.3, -0.25) is 9.88 Å². The van der Waals surface area contributed by atoms with Crippen molar-refractivity contribution in [2.75, 3.05) is 25.0 Å². The molecule has 2 aromatic rings. The number of nitrogens with zero attached hydrogens (tertiary/aromatic N) is 2. The monoisotopic (exact) mass is 310 g/mol. The molecule has 0 radical (unpaired) electrons. The van der Waals surface area contributed by atoms with Crippen molar-refractivity contribution in [2.24, 2.45) is 0 Å². The number of rotatable bonds is 5. The van der Waals surface area contributed by atoms with Crippen LogP contribution in [-0.2, 0) is 0 Å². The second-order valence-corrected chi connectivity index (χ2v) is 5.75. The van der Waals surface area contributed by atoms with E-state index in [-0.39, 0.29) is 12.1 Å². The van der Waals surface area contributed by atoms with E-state index in [9.17, 15) is 4.79 Å². The van der Waals surface area contributed by atoms with E-state index in [0.29, 0.717) is 12.2 Å². The Hall–Kier alpha value is -2.40. The molecule has 2 amide bonds. The fraction of sp³-hybridized carbons (Fsp3) is 0.333. The molecule has 3 rings (SSSR count). The van der Waals surface area contributed by atoms with Crippen LogP contribution in [0.3, 0.4) is 0 Å². The van der Waals surface area contributed by atoms with Gasteiger partial charge >= 0.3 is 6.03 Å². The van der Waals surface area contributed by atoms with E-state index in [1.807, 2.05) is 24.3 Å². The molecule has 120 valence electrons. The molecule has 1 unspecified atom stereocenters. The highest BCUT2D eigenvalue weighted by molar-refractivity contribution is 5.88. The van der Waals surface area contributed by atoms with Gasteiger partial charge in [0.25, 0.3) is 0 Å². The van der Waals surface area contributed by atoms with Gasteiger partial charge in [-0.05, 0) is 43.6 Å². The molecule has 1 aliphatic heterocycles. The van der Waals surface area contributed by atoms with Crippen LogP contribution in [0.25, 0.3) is 0 Å². The van der Waals surface area contributed by atoms with E-state index in [1.165, 1.54) is 18.4 Å². The summed E-state index contributed by atoms with van der Waals surface area (Å²) < 4.78 is 0. The summed E-state index contributed by atoms with van der Waals surface area (Å²) >= 11 is 0. The van der Waals surface area contributed by atoms with E-state index >= 15 is 0 Å². The molecule has 1 aliphatic rings. The summed E-state index contributed by atoms with van der Waals surface area (Å²) in [6.45, 7) is 2.77. The van der Waals surface area contributed by atoms with Crippen LogP contribution in [0.15, 0.2) is 54.9 Å². The van der Waals surface area contributed by atoms with Crippen molar-refractivity contribution in [3.05, 3.63) is 60.4 Å². The number of benzene rings is 1. The molecule has 2 heterocycles. The summed E-state index contributed by atoms with van der Waals surface area (Å²) in [5.41, 5.74) is 1.94. The molecule has 0 aliphatic carbocycles. The van der Waals surface area contributed by atoms with Crippen molar-refractivity contribution in [1.82, 2.24) is 15.2 Å². The minimum Gasteiger partial charge on any atom is -0.336 e. The largest absolute Gasteiger partial charge is 0.336 e. The maximum absolute atomic E-state index is 12.1. The molecule has 0 spiro atoms. The standard InChI is InChI=1S/C18H22N4O/c23-18(21-16-9-6-10-19-13-16)20-14-17(22-11-4-5-12-22)15-7-2-1-3-8-15/h1-3,6-10,13,17H,4-5,11-12,14H2,(H2,20,21,23). The van der Waals surface area contributed by atoms with Crippen LogP contribution in [0, 0.1) is 0 Å². The summed E-state index contributed by atoms with van der Waals surface area (Å²) in [6, 6.07) is 14.0. The lowest BCUT2D eigenvalue weighted by Crippen LogP contribution is -2.38. The Bertz CT molecular complexity index is 611. The summed E-state index contributed by atoms with van der Waals surface area (Å²) in [5.74, 6) is 0. The summed E-state index contributed by atoms with van der Waals surface area (Å²) in [4.78, 5) is 18.5. The molecule has 5 heteroatoms. The van der Waals surface area contributed by atoms with Gasteiger partial charge in [-0.2, -0.15) is 0 Å². The van der Waals surface area contributed by atoms with Gasteiger partial charge in [0.15, 0.2) is 0 Å². The first-order valence-corrected chi connectivity index (χ1v) is 8.07. The first kappa shape index (κ1) is 15.5. The zero-order valence-corrected chi connectivity index (χ0v) is 13.1. The highest BCUT2D eigenvalue weighted by Gasteiger charge is 2.23. The Labute approximate surface area is 136 Å². The molecule has 1 atom stereocenters. The lowest BCUT2D eigenvalue weighted by molar-refractivity contribution is 0.227. The Morgan fingerprint density at radius 3 is 2.61 bits per heavy atom. The molecule has 1 saturated heterocycles. The average Bonchev–Trinajstić information content (AvgIpc) is 3.11. The maximum atomic E-state index is 12.1. The minimum atomic E-state index is -0.196. The van der Waals surface area contributed by atoms with Crippen LogP contribution in [-0.4, -0.2) is 35.5 Å². The second kappa shape index (κ2) is 7.74. The highest BCUT2D eigenvalue weighted by atomic mass is 16.2. The van der Waals surface area contributed by atoms with E-state index in [1.54, 1.807) is 18.5 Å². The first-order valence-electron chi connectivity index (χ1n) is 8.07. The lowest BCUT2D eigenvalue weighted by atomic mass is 10.1. The SMILES string of the molecule is O=C(NCC(c1ccccc1)N1CCCC1)Nc1cccnc1. The van der Waals surface area contributed by atoms with Crippen molar-refractivity contribution in [3.63, 3.8) is 0 Å². The number of carbonyl (C=O) groups is 1. The molecular formula is C18H22N4O. The normalized spacial score (nSPS) is 16.0. The summed E-state index contributed by atoms with van der Waals surface area (Å²) in [6.07, 6.45) is 5.77. The first-order chi connectivity index (χ1) is 11.3. The van der Waals surface area contributed by atoms with Crippen molar-refractivity contribution in [3.8, 4) is 0 Å². The van der Waals surface area contributed by atoms with Crippen LogP contribution in [0.5, 0.6) is 0 Å². The van der Waals surface area contributed by atoms with E-state index in [2.05, 4.69) is 32.7 Å². The average molecular weight is 310 g/mol. The zero-order chi connectivity index (χ0) is 15.9. The van der Waals surface area contributed by atoms with Crippen LogP contribution in [0.2, 0.25) is 0 Å². The smallest absolute Gasteiger partial charge is 0.319 e. The van der Waals surface area contributed by atoms with Crippen molar-refractivity contribution in [1.29, 1.82) is 0 Å². The van der Waals surface area contributed by atoms with Gasteiger partial charge in [0.05, 0.1) is 17.9 Å². The number of likely N-dealkylation sites (tertiary alicyclic amines) is 1. The van der Waals surface area contributed by atoms with Crippen molar-refractivity contribution >= 4 is 11.7 Å². The van der Waals surface area contributed by atoms with Crippen LogP contribution in [0.1, 0.15) is 24.4 Å². The van der Waals surface area contributed by atoms with E-state index in [4.69, 9.17) is 0 Å². The number of carbonyl (C=O) groups excluding carboxylic acids is 1. The zero-order valence-electron chi connectivity index (χ0n) is 13.1. The quantitative estimate of drug-likeness (QED) is 0.892. The van der Waals surface area contributed by atoms with Gasteiger partial charge in [-0.15, -0.1) is 0 Å². The minimum absolute atomic E-state index is 0.196. The van der Waals surface area contributed by atoms with Crippen LogP contribution >= 0.6 is 0 Å². The number of pyridine rings is 1. The topological polar surface area (TPSA) is 57.3 Å². The van der Waals surface area contributed by atoms with E-state index < -0.39 is 0 Å². The summed E-state index contributed by atoms with van der Waals surface area (Å²) in [7, 11) is 0. The Balaban J connectivity index is 1.61. The number of hydrogen-bond donors (Lipinski definition) is 2. The molecule has 5 nitrogen and oxygen atoms in total. The summed E-state index contributed by atoms with van der Waals surface area (Å²) in [5, 5.41) is 5.80. The number of aromatic nitrogens is 1. The molecular weight excluding hydrogens is 288 g/mol. The number of amides is 2. The van der Waals surface area contributed by atoms with Gasteiger partial charge in [-0.1, -0.05) is 30.3 Å². The Morgan fingerprint density at radius 1 is 1.13 bits per heavy atom. The van der Waals surface area contributed by atoms with Crippen LogP contribution in [0.4, 0.5) is 10.5 Å². The van der Waals surface area contributed by atoms with Gasteiger partial charge in [0.2, 0.25) is 0 Å². The predicted molar refractivity (Wildman–Crippen MR) is 91.2 cm³/mol. The van der Waals surface area contributed by atoms with Crippen molar-refractivity contribution in [2.45, 2.75) is 18.9 Å². The Morgan fingerprint density at radius 2 is 1.91 bits per heavy atom. The van der Waals surface area contributed by atoms with Gasteiger partial charge in [0, 0.05) is 12.7 Å². The number of hydrogen-bond acceptors (Lipinski definition) is 3. The second-order valence-electron chi connectivity index (χ2n) is 5.75. The lowest BCUT2D eigenvalue weighted by Gasteiger charge is -2.28. The molecule has 1 aromatic carbocycles. The fourth-order valence-corrected chi connectivity index (χ4v) is 2.99. The number of urea groups is 1. The molecule has 0 saturated carbocycles. The Kier molecular flexibility index (Phi) is 5.21. The van der Waals surface area contributed by atoms with Crippen LogP contribution < -0.4 is 10.6 Å². The fourth-order valence-electron chi connectivity index (χ4n) is 2.99. The van der Waals surface area contributed by atoms with E-state index in [0.717, 1.165) is 13.1 Å². The predicted octanol–water partition coefficient (Wildman–Crippen LogP) is 3.04. The highest BCUT2D eigenvalue weighted by Crippen LogP contribution is 2.24. The number of anilines is 1.